The topological polar surface area (TPSA) is 43.4 Å². The molecule has 0 atom stereocenters. The molecule has 0 heterocycles. The molecule has 0 bridgehead atoms. The molecule has 0 unspecified atom stereocenters. The summed E-state index contributed by atoms with van der Waals surface area (Å²) in [6.45, 7) is 5.33. The first-order chi connectivity index (χ1) is 12.8. The van der Waals surface area contributed by atoms with Gasteiger partial charge in [0.05, 0.1) is 10.5 Å². The summed E-state index contributed by atoms with van der Waals surface area (Å²) >= 11 is 0. The molecule has 0 fully saturated rings. The summed E-state index contributed by atoms with van der Waals surface area (Å²) in [5.74, 6) is 2.01. The fourth-order valence-corrected chi connectivity index (χ4v) is 4.04. The monoisotopic (exact) mass is 388 g/mol. The van der Waals surface area contributed by atoms with Crippen molar-refractivity contribution < 1.29 is 13.2 Å². The summed E-state index contributed by atoms with van der Waals surface area (Å²) in [6, 6.07) is 18.0. The van der Waals surface area contributed by atoms with Gasteiger partial charge in [-0.1, -0.05) is 49.6 Å². The normalized spacial score (nSPS) is 12.1. The van der Waals surface area contributed by atoms with Gasteiger partial charge in [0, 0.05) is 0 Å². The molecule has 0 aliphatic heterocycles. The van der Waals surface area contributed by atoms with Crippen LogP contribution in [0.4, 0.5) is 0 Å². The number of para-hydroxylation sites is 1. The zero-order chi connectivity index (χ0) is 19.8. The quantitative estimate of drug-likeness (QED) is 0.456. The first-order valence-electron chi connectivity index (χ1n) is 9.82. The number of aryl methyl sites for hydroxylation is 1. The van der Waals surface area contributed by atoms with Gasteiger partial charge in [0.2, 0.25) is 0 Å². The van der Waals surface area contributed by atoms with Crippen LogP contribution in [-0.2, 0) is 16.3 Å². The van der Waals surface area contributed by atoms with Crippen LogP contribution in [0.5, 0.6) is 11.5 Å². The summed E-state index contributed by atoms with van der Waals surface area (Å²) in [6.07, 6.45) is 6.08. The van der Waals surface area contributed by atoms with Crippen LogP contribution in [0.15, 0.2) is 54.6 Å². The van der Waals surface area contributed by atoms with Crippen LogP contribution >= 0.6 is 0 Å². The van der Waals surface area contributed by atoms with Crippen LogP contribution < -0.4 is 4.74 Å². The Morgan fingerprint density at radius 1 is 0.778 bits per heavy atom. The Hall–Kier alpha value is -1.81. The molecule has 2 aromatic rings. The zero-order valence-electron chi connectivity index (χ0n) is 16.8. The third-order valence-electron chi connectivity index (χ3n) is 4.69. The smallest absolute Gasteiger partial charge is 0.155 e. The highest BCUT2D eigenvalue weighted by Crippen LogP contribution is 2.23. The van der Waals surface area contributed by atoms with Crippen molar-refractivity contribution >= 4 is 9.84 Å². The Balaban J connectivity index is 1.67. The van der Waals surface area contributed by atoms with Crippen LogP contribution in [0.3, 0.4) is 0 Å². The minimum absolute atomic E-state index is 0.301. The van der Waals surface area contributed by atoms with Gasteiger partial charge in [0.25, 0.3) is 0 Å². The molecule has 0 N–H and O–H groups in total. The molecule has 27 heavy (non-hydrogen) atoms. The average molecular weight is 389 g/mol. The predicted molar refractivity (Wildman–Crippen MR) is 113 cm³/mol. The van der Waals surface area contributed by atoms with Crippen molar-refractivity contribution in [2.45, 2.75) is 64.0 Å². The second kappa shape index (κ2) is 9.93. The largest absolute Gasteiger partial charge is 0.457 e. The molecule has 0 aliphatic carbocycles. The third kappa shape index (κ3) is 7.37. The number of rotatable bonds is 10. The summed E-state index contributed by atoms with van der Waals surface area (Å²) in [7, 11) is -2.98. The lowest BCUT2D eigenvalue weighted by molar-refractivity contribution is 0.481. The maximum atomic E-state index is 12.1. The van der Waals surface area contributed by atoms with Crippen LogP contribution in [0.1, 0.15) is 58.4 Å². The van der Waals surface area contributed by atoms with E-state index in [0.29, 0.717) is 5.75 Å². The number of hydrogen-bond acceptors (Lipinski definition) is 3. The average Bonchev–Trinajstić information content (AvgIpc) is 2.61. The van der Waals surface area contributed by atoms with Crippen molar-refractivity contribution in [3.63, 3.8) is 0 Å². The van der Waals surface area contributed by atoms with Crippen LogP contribution in [0.25, 0.3) is 0 Å². The maximum Gasteiger partial charge on any atom is 0.155 e. The van der Waals surface area contributed by atoms with Gasteiger partial charge in [-0.15, -0.1) is 0 Å². The molecule has 4 heteroatoms. The minimum atomic E-state index is -2.98. The van der Waals surface area contributed by atoms with Crippen LogP contribution in [0.2, 0.25) is 0 Å². The second-order valence-electron chi connectivity index (χ2n) is 8.01. The molecule has 2 aromatic carbocycles. The first-order valence-corrected chi connectivity index (χ1v) is 11.5. The summed E-state index contributed by atoms with van der Waals surface area (Å²) in [5, 5.41) is 0. The van der Waals surface area contributed by atoms with Gasteiger partial charge in [-0.3, -0.25) is 0 Å². The molecule has 0 aliphatic rings. The van der Waals surface area contributed by atoms with Crippen molar-refractivity contribution in [3.05, 3.63) is 60.2 Å². The van der Waals surface area contributed by atoms with Gasteiger partial charge < -0.3 is 4.74 Å². The molecule has 0 aromatic heterocycles. The Bertz CT molecular complexity index is 790. The van der Waals surface area contributed by atoms with E-state index in [4.69, 9.17) is 4.74 Å². The molecule has 2 rings (SSSR count). The van der Waals surface area contributed by atoms with Crippen molar-refractivity contribution in [1.82, 2.24) is 0 Å². The zero-order valence-corrected chi connectivity index (χ0v) is 17.6. The van der Waals surface area contributed by atoms with Gasteiger partial charge >= 0.3 is 0 Å². The number of ether oxygens (including phenoxy) is 1. The molecule has 0 radical (unpaired) electrons. The van der Waals surface area contributed by atoms with Gasteiger partial charge in [0.1, 0.15) is 11.5 Å². The highest BCUT2D eigenvalue weighted by Gasteiger charge is 2.27. The van der Waals surface area contributed by atoms with Crippen LogP contribution in [0, 0.1) is 0 Å². The standard InChI is InChI=1S/C23H32O3S/c1-23(2,3)27(24,25)18-11-6-4-5-8-13-20-14-12-17-22(19-20)26-21-15-9-7-10-16-21/h7,9-10,12,14-17,19H,4-6,8,11,13,18H2,1-3H3. The summed E-state index contributed by atoms with van der Waals surface area (Å²) < 4.78 is 29.4. The number of hydrogen-bond donors (Lipinski definition) is 0. The van der Waals surface area contributed by atoms with E-state index in [1.807, 2.05) is 42.5 Å². The lowest BCUT2D eigenvalue weighted by atomic mass is 10.1. The molecule has 0 saturated carbocycles. The fraction of sp³-hybridized carbons (Fsp3) is 0.478. The number of unbranched alkanes of at least 4 members (excludes halogenated alkanes) is 4. The van der Waals surface area contributed by atoms with E-state index in [0.717, 1.165) is 50.0 Å². The minimum Gasteiger partial charge on any atom is -0.457 e. The second-order valence-corrected chi connectivity index (χ2v) is 10.9. The van der Waals surface area contributed by atoms with Gasteiger partial charge in [-0.2, -0.15) is 0 Å². The SMILES string of the molecule is CC(C)(C)S(=O)(=O)CCCCCCCc1cccc(Oc2ccccc2)c1. The summed E-state index contributed by atoms with van der Waals surface area (Å²) in [5.41, 5.74) is 1.28. The number of sulfone groups is 1. The van der Waals surface area contributed by atoms with Gasteiger partial charge in [-0.25, -0.2) is 8.42 Å². The molecule has 3 nitrogen and oxygen atoms in total. The predicted octanol–water partition coefficient (Wildman–Crippen LogP) is 6.19. The van der Waals surface area contributed by atoms with Crippen molar-refractivity contribution in [2.24, 2.45) is 0 Å². The van der Waals surface area contributed by atoms with Crippen molar-refractivity contribution in [2.75, 3.05) is 5.75 Å². The molecule has 148 valence electrons. The highest BCUT2D eigenvalue weighted by molar-refractivity contribution is 7.92. The van der Waals surface area contributed by atoms with Crippen molar-refractivity contribution in [3.8, 4) is 11.5 Å². The molecule has 0 saturated heterocycles. The van der Waals surface area contributed by atoms with E-state index in [1.54, 1.807) is 20.8 Å². The molecular weight excluding hydrogens is 356 g/mol. The van der Waals surface area contributed by atoms with Crippen molar-refractivity contribution in [1.29, 1.82) is 0 Å². The Morgan fingerprint density at radius 3 is 2.11 bits per heavy atom. The Labute approximate surface area is 164 Å². The van der Waals surface area contributed by atoms with E-state index < -0.39 is 14.6 Å². The van der Waals surface area contributed by atoms with E-state index in [9.17, 15) is 8.42 Å². The maximum absolute atomic E-state index is 12.1. The highest BCUT2D eigenvalue weighted by atomic mass is 32.2. The first kappa shape index (κ1) is 21.5. The Morgan fingerprint density at radius 2 is 1.41 bits per heavy atom. The van der Waals surface area contributed by atoms with E-state index >= 15 is 0 Å². The molecule has 0 spiro atoms. The van der Waals surface area contributed by atoms with E-state index in [-0.39, 0.29) is 0 Å². The number of benzene rings is 2. The Kier molecular flexibility index (Phi) is 7.91. The van der Waals surface area contributed by atoms with Crippen LogP contribution in [-0.4, -0.2) is 18.9 Å². The lowest BCUT2D eigenvalue weighted by Gasteiger charge is -2.18. The molecule has 0 amide bonds. The van der Waals surface area contributed by atoms with Gasteiger partial charge in [0.15, 0.2) is 9.84 Å². The van der Waals surface area contributed by atoms with E-state index in [2.05, 4.69) is 12.1 Å². The van der Waals surface area contributed by atoms with Gasteiger partial charge in [-0.05, 0) is 69.9 Å². The lowest BCUT2D eigenvalue weighted by Crippen LogP contribution is -2.30. The summed E-state index contributed by atoms with van der Waals surface area (Å²) in [4.78, 5) is 0. The fourth-order valence-electron chi connectivity index (χ4n) is 2.85. The third-order valence-corrected chi connectivity index (χ3v) is 7.38. The molecular formula is C23H32O3S. The van der Waals surface area contributed by atoms with E-state index in [1.165, 1.54) is 5.56 Å².